The molecule has 1 aromatic heterocycles. The van der Waals surface area contributed by atoms with Gasteiger partial charge in [-0.25, -0.2) is 0 Å². The second-order valence-corrected chi connectivity index (χ2v) is 5.60. The fourth-order valence-corrected chi connectivity index (χ4v) is 1.82. The molecule has 6 nitrogen and oxygen atoms in total. The first kappa shape index (κ1) is 16.6. The second kappa shape index (κ2) is 7.99. The van der Waals surface area contributed by atoms with E-state index in [0.717, 1.165) is 12.8 Å². The Hall–Kier alpha value is -1.43. The molecular formula is C14H26N4O2. The Bertz CT molecular complexity index is 417. The standard InChI is InChI=1S/C14H26N4O2/c1-10(2)12(15)8-9-18(4)14(19)7-5-6-13-16-11(3)17-20-13/h10,12H,5-9,15H2,1-4H3. The molecule has 1 heterocycles. The number of hydrogen-bond acceptors (Lipinski definition) is 5. The molecule has 1 rings (SSSR count). The summed E-state index contributed by atoms with van der Waals surface area (Å²) < 4.78 is 5.01. The van der Waals surface area contributed by atoms with Crippen LogP contribution in [0.3, 0.4) is 0 Å². The zero-order valence-electron chi connectivity index (χ0n) is 12.9. The van der Waals surface area contributed by atoms with Crippen LogP contribution in [0.2, 0.25) is 0 Å². The van der Waals surface area contributed by atoms with Gasteiger partial charge in [0.25, 0.3) is 0 Å². The summed E-state index contributed by atoms with van der Waals surface area (Å²) in [5.74, 6) is 1.81. The molecule has 1 atom stereocenters. The van der Waals surface area contributed by atoms with Crippen molar-refractivity contribution in [2.45, 2.75) is 52.5 Å². The van der Waals surface area contributed by atoms with Crippen LogP contribution < -0.4 is 5.73 Å². The van der Waals surface area contributed by atoms with Gasteiger partial charge in [-0.1, -0.05) is 19.0 Å². The van der Waals surface area contributed by atoms with Crippen LogP contribution in [0, 0.1) is 12.8 Å². The summed E-state index contributed by atoms with van der Waals surface area (Å²) in [5, 5.41) is 3.72. The first-order chi connectivity index (χ1) is 9.40. The van der Waals surface area contributed by atoms with E-state index in [1.54, 1.807) is 11.8 Å². The van der Waals surface area contributed by atoms with Crippen LogP contribution in [0.4, 0.5) is 0 Å². The summed E-state index contributed by atoms with van der Waals surface area (Å²) in [7, 11) is 1.83. The van der Waals surface area contributed by atoms with E-state index in [0.29, 0.717) is 37.0 Å². The molecule has 0 aliphatic rings. The quantitative estimate of drug-likeness (QED) is 0.781. The molecule has 0 radical (unpaired) electrons. The Morgan fingerprint density at radius 2 is 2.15 bits per heavy atom. The molecule has 0 saturated carbocycles. The highest BCUT2D eigenvalue weighted by Crippen LogP contribution is 2.07. The number of aryl methyl sites for hydroxylation is 2. The van der Waals surface area contributed by atoms with Gasteiger partial charge in [-0.3, -0.25) is 4.79 Å². The van der Waals surface area contributed by atoms with E-state index >= 15 is 0 Å². The van der Waals surface area contributed by atoms with Gasteiger partial charge < -0.3 is 15.2 Å². The van der Waals surface area contributed by atoms with Crippen LogP contribution >= 0.6 is 0 Å². The van der Waals surface area contributed by atoms with Crippen molar-refractivity contribution in [3.63, 3.8) is 0 Å². The number of carbonyl (C=O) groups excluding carboxylic acids is 1. The van der Waals surface area contributed by atoms with Crippen LogP contribution in [0.25, 0.3) is 0 Å². The maximum Gasteiger partial charge on any atom is 0.226 e. The zero-order chi connectivity index (χ0) is 15.1. The molecule has 114 valence electrons. The van der Waals surface area contributed by atoms with Gasteiger partial charge in [0.15, 0.2) is 5.82 Å². The predicted octanol–water partition coefficient (Wildman–Crippen LogP) is 1.53. The maximum absolute atomic E-state index is 11.9. The molecule has 0 aromatic carbocycles. The molecule has 0 bridgehead atoms. The molecule has 6 heteroatoms. The number of carbonyl (C=O) groups is 1. The Morgan fingerprint density at radius 1 is 1.45 bits per heavy atom. The number of nitrogens with two attached hydrogens (primary N) is 1. The van der Waals surface area contributed by atoms with Crippen molar-refractivity contribution in [3.05, 3.63) is 11.7 Å². The smallest absolute Gasteiger partial charge is 0.226 e. The van der Waals surface area contributed by atoms with Crippen LogP contribution in [0.1, 0.15) is 44.8 Å². The Balaban J connectivity index is 2.21. The molecule has 2 N–H and O–H groups in total. The number of nitrogens with zero attached hydrogens (tertiary/aromatic N) is 3. The van der Waals surface area contributed by atoms with E-state index in [1.165, 1.54) is 0 Å². The lowest BCUT2D eigenvalue weighted by atomic mass is 10.0. The first-order valence-corrected chi connectivity index (χ1v) is 7.19. The third-order valence-electron chi connectivity index (χ3n) is 3.43. The normalized spacial score (nSPS) is 12.7. The Labute approximate surface area is 120 Å². The molecule has 0 fully saturated rings. The lowest BCUT2D eigenvalue weighted by Gasteiger charge is -2.21. The summed E-state index contributed by atoms with van der Waals surface area (Å²) >= 11 is 0. The first-order valence-electron chi connectivity index (χ1n) is 7.19. The molecule has 20 heavy (non-hydrogen) atoms. The number of rotatable bonds is 8. The molecule has 0 saturated heterocycles. The number of aromatic nitrogens is 2. The van der Waals surface area contributed by atoms with Crippen molar-refractivity contribution in [1.29, 1.82) is 0 Å². The summed E-state index contributed by atoms with van der Waals surface area (Å²) in [6.45, 7) is 6.68. The summed E-state index contributed by atoms with van der Waals surface area (Å²) in [4.78, 5) is 17.8. The molecule has 1 amide bonds. The molecule has 0 aliphatic carbocycles. The van der Waals surface area contributed by atoms with E-state index in [2.05, 4.69) is 24.0 Å². The highest BCUT2D eigenvalue weighted by Gasteiger charge is 2.13. The van der Waals surface area contributed by atoms with Crippen molar-refractivity contribution in [3.8, 4) is 0 Å². The highest BCUT2D eigenvalue weighted by molar-refractivity contribution is 5.75. The van der Waals surface area contributed by atoms with Gasteiger partial charge in [0.1, 0.15) is 0 Å². The van der Waals surface area contributed by atoms with Gasteiger partial charge in [0, 0.05) is 32.5 Å². The van der Waals surface area contributed by atoms with Crippen molar-refractivity contribution >= 4 is 5.91 Å². The minimum absolute atomic E-state index is 0.136. The van der Waals surface area contributed by atoms with Crippen LogP contribution in [-0.4, -0.2) is 40.6 Å². The summed E-state index contributed by atoms with van der Waals surface area (Å²) in [6, 6.07) is 0.145. The van der Waals surface area contributed by atoms with E-state index in [-0.39, 0.29) is 11.9 Å². The van der Waals surface area contributed by atoms with Gasteiger partial charge in [0.2, 0.25) is 11.8 Å². The predicted molar refractivity (Wildman–Crippen MR) is 77.0 cm³/mol. The lowest BCUT2D eigenvalue weighted by Crippen LogP contribution is -2.34. The van der Waals surface area contributed by atoms with Crippen LogP contribution in [0.5, 0.6) is 0 Å². The van der Waals surface area contributed by atoms with Gasteiger partial charge in [-0.2, -0.15) is 4.98 Å². The fourth-order valence-electron chi connectivity index (χ4n) is 1.82. The third kappa shape index (κ3) is 5.69. The number of amides is 1. The summed E-state index contributed by atoms with van der Waals surface area (Å²) in [5.41, 5.74) is 5.98. The maximum atomic E-state index is 11.9. The molecule has 1 unspecified atom stereocenters. The Kier molecular flexibility index (Phi) is 6.64. The van der Waals surface area contributed by atoms with Crippen LogP contribution in [0.15, 0.2) is 4.52 Å². The van der Waals surface area contributed by atoms with Crippen molar-refractivity contribution in [1.82, 2.24) is 15.0 Å². The minimum Gasteiger partial charge on any atom is -0.346 e. The van der Waals surface area contributed by atoms with Crippen LogP contribution in [-0.2, 0) is 11.2 Å². The number of hydrogen-bond donors (Lipinski definition) is 1. The topological polar surface area (TPSA) is 85.2 Å². The zero-order valence-corrected chi connectivity index (χ0v) is 12.9. The fraction of sp³-hybridized carbons (Fsp3) is 0.786. The van der Waals surface area contributed by atoms with Gasteiger partial charge in [0.05, 0.1) is 0 Å². The third-order valence-corrected chi connectivity index (χ3v) is 3.43. The van der Waals surface area contributed by atoms with Crippen molar-refractivity contribution in [2.24, 2.45) is 11.7 Å². The lowest BCUT2D eigenvalue weighted by molar-refractivity contribution is -0.130. The van der Waals surface area contributed by atoms with Gasteiger partial charge >= 0.3 is 0 Å². The second-order valence-electron chi connectivity index (χ2n) is 5.60. The van der Waals surface area contributed by atoms with Gasteiger partial charge in [-0.15, -0.1) is 0 Å². The monoisotopic (exact) mass is 282 g/mol. The van der Waals surface area contributed by atoms with E-state index in [9.17, 15) is 4.79 Å². The average Bonchev–Trinajstić information content (AvgIpc) is 2.80. The average molecular weight is 282 g/mol. The molecular weight excluding hydrogens is 256 g/mol. The molecule has 1 aromatic rings. The van der Waals surface area contributed by atoms with E-state index in [4.69, 9.17) is 10.3 Å². The largest absolute Gasteiger partial charge is 0.346 e. The molecule has 0 aliphatic heterocycles. The summed E-state index contributed by atoms with van der Waals surface area (Å²) in [6.07, 6.45) is 2.70. The van der Waals surface area contributed by atoms with Crippen molar-refractivity contribution in [2.75, 3.05) is 13.6 Å². The van der Waals surface area contributed by atoms with E-state index < -0.39 is 0 Å². The molecule has 0 spiro atoms. The minimum atomic E-state index is 0.136. The van der Waals surface area contributed by atoms with Gasteiger partial charge in [-0.05, 0) is 25.7 Å². The van der Waals surface area contributed by atoms with E-state index in [1.807, 2.05) is 7.05 Å². The van der Waals surface area contributed by atoms with Crippen molar-refractivity contribution < 1.29 is 9.32 Å². The highest BCUT2D eigenvalue weighted by atomic mass is 16.5. The SMILES string of the molecule is Cc1noc(CCCC(=O)N(C)CCC(N)C(C)C)n1. The Morgan fingerprint density at radius 3 is 2.70 bits per heavy atom.